The largest absolute Gasteiger partial charge is 0.391 e. The van der Waals surface area contributed by atoms with Gasteiger partial charge in [0.05, 0.1) is 11.5 Å². The van der Waals surface area contributed by atoms with Crippen molar-refractivity contribution >= 4 is 33.3 Å². The number of fused-ring (bicyclic) bond motifs is 1. The third-order valence-corrected chi connectivity index (χ3v) is 4.79. The molecule has 1 aliphatic rings. The summed E-state index contributed by atoms with van der Waals surface area (Å²) >= 11 is 1.63. The smallest absolute Gasteiger partial charge is 0.240 e. The lowest BCUT2D eigenvalue weighted by atomic mass is 9.96. The number of thiophene rings is 1. The van der Waals surface area contributed by atoms with Crippen LogP contribution in [0.3, 0.4) is 0 Å². The molecule has 7 heteroatoms. The summed E-state index contributed by atoms with van der Waals surface area (Å²) in [4.78, 5) is 13.1. The highest BCUT2D eigenvalue weighted by atomic mass is 32.1. The van der Waals surface area contributed by atoms with Gasteiger partial charge in [0.1, 0.15) is 10.6 Å². The van der Waals surface area contributed by atoms with Gasteiger partial charge in [0.25, 0.3) is 0 Å². The average molecular weight is 293 g/mol. The molecule has 1 aliphatic heterocycles. The third kappa shape index (κ3) is 2.32. The quantitative estimate of drug-likeness (QED) is 0.574. The number of aliphatic hydroxyl groups is 1. The van der Waals surface area contributed by atoms with E-state index in [-0.39, 0.29) is 6.10 Å². The number of β-amino-alcohol motifs (C(OH)–C–C–N with tert-alkyl or cyclic N) is 1. The standard InChI is InChI=1S/C13H19N5OS/c1-7-3-4-18(6-10(7)19)11-9-5-8(2)20-12(9)16-13(15-11)17-14/h5,7,10,19H,3-4,6,14H2,1-2H3,(H,15,16,17). The molecule has 0 spiro atoms. The Kier molecular flexibility index (Phi) is 3.49. The monoisotopic (exact) mass is 293 g/mol. The lowest BCUT2D eigenvalue weighted by molar-refractivity contribution is 0.103. The van der Waals surface area contributed by atoms with E-state index in [2.05, 4.69) is 40.2 Å². The number of nitrogen functional groups attached to an aromatic ring is 1. The van der Waals surface area contributed by atoms with Crippen LogP contribution < -0.4 is 16.2 Å². The molecular formula is C13H19N5OS. The number of aromatic nitrogens is 2. The van der Waals surface area contributed by atoms with Gasteiger partial charge in [-0.2, -0.15) is 4.98 Å². The van der Waals surface area contributed by atoms with Crippen molar-refractivity contribution < 1.29 is 5.11 Å². The van der Waals surface area contributed by atoms with E-state index < -0.39 is 0 Å². The lowest BCUT2D eigenvalue weighted by Gasteiger charge is -2.35. The molecular weight excluding hydrogens is 274 g/mol. The minimum absolute atomic E-state index is 0.317. The van der Waals surface area contributed by atoms with Gasteiger partial charge >= 0.3 is 0 Å². The van der Waals surface area contributed by atoms with Crippen molar-refractivity contribution in [1.29, 1.82) is 0 Å². The van der Waals surface area contributed by atoms with Crippen LogP contribution in [0.2, 0.25) is 0 Å². The van der Waals surface area contributed by atoms with E-state index in [1.165, 1.54) is 4.88 Å². The van der Waals surface area contributed by atoms with E-state index >= 15 is 0 Å². The summed E-state index contributed by atoms with van der Waals surface area (Å²) in [7, 11) is 0. The maximum absolute atomic E-state index is 10.1. The van der Waals surface area contributed by atoms with Crippen molar-refractivity contribution in [2.75, 3.05) is 23.4 Å². The number of anilines is 2. The van der Waals surface area contributed by atoms with Crippen LogP contribution in [0.15, 0.2) is 6.07 Å². The predicted molar refractivity (Wildman–Crippen MR) is 82.0 cm³/mol. The Hall–Kier alpha value is -1.44. The number of hydrogen-bond donors (Lipinski definition) is 3. The van der Waals surface area contributed by atoms with Gasteiger partial charge in [-0.1, -0.05) is 6.92 Å². The zero-order valence-corrected chi connectivity index (χ0v) is 12.4. The minimum Gasteiger partial charge on any atom is -0.391 e. The first kappa shape index (κ1) is 13.5. The van der Waals surface area contributed by atoms with Gasteiger partial charge in [0.2, 0.25) is 5.95 Å². The number of rotatable bonds is 2. The SMILES string of the molecule is Cc1cc2c(N3CCC(C)C(O)C3)nc(NN)nc2s1. The molecule has 0 bridgehead atoms. The second-order valence-electron chi connectivity index (χ2n) is 5.37. The maximum atomic E-state index is 10.1. The van der Waals surface area contributed by atoms with Gasteiger partial charge in [-0.15, -0.1) is 11.3 Å². The Labute approximate surface area is 121 Å². The van der Waals surface area contributed by atoms with Crippen molar-refractivity contribution in [2.24, 2.45) is 11.8 Å². The first-order chi connectivity index (χ1) is 9.58. The molecule has 3 rings (SSSR count). The second-order valence-corrected chi connectivity index (χ2v) is 6.61. The average Bonchev–Trinajstić information content (AvgIpc) is 2.80. The molecule has 0 saturated carbocycles. The van der Waals surface area contributed by atoms with E-state index in [1.54, 1.807) is 11.3 Å². The van der Waals surface area contributed by atoms with Gasteiger partial charge < -0.3 is 10.0 Å². The molecule has 6 nitrogen and oxygen atoms in total. The molecule has 108 valence electrons. The molecule has 2 aromatic rings. The van der Waals surface area contributed by atoms with Gasteiger partial charge in [-0.25, -0.2) is 10.8 Å². The molecule has 0 amide bonds. The summed E-state index contributed by atoms with van der Waals surface area (Å²) in [5.74, 6) is 7.07. The molecule has 1 saturated heterocycles. The van der Waals surface area contributed by atoms with Crippen LogP contribution in [0.5, 0.6) is 0 Å². The fourth-order valence-corrected chi connectivity index (χ4v) is 3.45. The predicted octanol–water partition coefficient (Wildman–Crippen LogP) is 1.49. The Balaban J connectivity index is 2.05. The number of hydrogen-bond acceptors (Lipinski definition) is 7. The van der Waals surface area contributed by atoms with Crippen molar-refractivity contribution in [3.63, 3.8) is 0 Å². The molecule has 20 heavy (non-hydrogen) atoms. The van der Waals surface area contributed by atoms with Crippen molar-refractivity contribution in [3.05, 3.63) is 10.9 Å². The van der Waals surface area contributed by atoms with E-state index in [0.717, 1.165) is 29.0 Å². The van der Waals surface area contributed by atoms with Crippen LogP contribution in [-0.4, -0.2) is 34.3 Å². The molecule has 0 radical (unpaired) electrons. The van der Waals surface area contributed by atoms with Gasteiger partial charge in [0, 0.05) is 18.0 Å². The van der Waals surface area contributed by atoms with Crippen molar-refractivity contribution in [2.45, 2.75) is 26.4 Å². The molecule has 0 aromatic carbocycles. The number of aliphatic hydroxyl groups excluding tert-OH is 1. The zero-order chi connectivity index (χ0) is 14.3. The molecule has 4 N–H and O–H groups in total. The Morgan fingerprint density at radius 2 is 2.30 bits per heavy atom. The minimum atomic E-state index is -0.317. The topological polar surface area (TPSA) is 87.3 Å². The molecule has 0 aliphatic carbocycles. The lowest BCUT2D eigenvalue weighted by Crippen LogP contribution is -2.43. The second kappa shape index (κ2) is 5.16. The van der Waals surface area contributed by atoms with E-state index in [9.17, 15) is 5.11 Å². The fraction of sp³-hybridized carbons (Fsp3) is 0.538. The Morgan fingerprint density at radius 1 is 1.50 bits per heavy atom. The molecule has 2 atom stereocenters. The zero-order valence-electron chi connectivity index (χ0n) is 11.6. The van der Waals surface area contributed by atoms with Crippen LogP contribution in [0, 0.1) is 12.8 Å². The van der Waals surface area contributed by atoms with Crippen LogP contribution >= 0.6 is 11.3 Å². The van der Waals surface area contributed by atoms with Gasteiger partial charge in [-0.3, -0.25) is 5.43 Å². The molecule has 3 heterocycles. The first-order valence-electron chi connectivity index (χ1n) is 6.76. The van der Waals surface area contributed by atoms with E-state index in [0.29, 0.717) is 18.4 Å². The highest BCUT2D eigenvalue weighted by Gasteiger charge is 2.27. The van der Waals surface area contributed by atoms with Crippen molar-refractivity contribution in [1.82, 2.24) is 9.97 Å². The summed E-state index contributed by atoms with van der Waals surface area (Å²) in [5.41, 5.74) is 2.52. The molecule has 2 aromatic heterocycles. The highest BCUT2D eigenvalue weighted by Crippen LogP contribution is 2.33. The third-order valence-electron chi connectivity index (χ3n) is 3.84. The number of nitrogens with zero attached hydrogens (tertiary/aromatic N) is 3. The molecule has 1 fully saturated rings. The van der Waals surface area contributed by atoms with Crippen LogP contribution in [0.25, 0.3) is 10.2 Å². The Morgan fingerprint density at radius 3 is 3.00 bits per heavy atom. The van der Waals surface area contributed by atoms with Crippen molar-refractivity contribution in [3.8, 4) is 0 Å². The van der Waals surface area contributed by atoms with Crippen LogP contribution in [-0.2, 0) is 0 Å². The summed E-state index contributed by atoms with van der Waals surface area (Å²) in [6, 6.07) is 2.10. The number of aryl methyl sites for hydroxylation is 1. The fourth-order valence-electron chi connectivity index (χ4n) is 2.57. The summed E-state index contributed by atoms with van der Waals surface area (Å²) in [5, 5.41) is 11.1. The van der Waals surface area contributed by atoms with Crippen LogP contribution in [0.4, 0.5) is 11.8 Å². The Bertz CT molecular complexity index is 628. The normalized spacial score (nSPS) is 23.3. The summed E-state index contributed by atoms with van der Waals surface area (Å²) < 4.78 is 0. The number of piperidine rings is 1. The number of nitrogens with one attached hydrogen (secondary N) is 1. The number of hydrazine groups is 1. The first-order valence-corrected chi connectivity index (χ1v) is 7.58. The van der Waals surface area contributed by atoms with E-state index in [1.807, 2.05) is 0 Å². The van der Waals surface area contributed by atoms with Crippen LogP contribution in [0.1, 0.15) is 18.2 Å². The highest BCUT2D eigenvalue weighted by molar-refractivity contribution is 7.18. The summed E-state index contributed by atoms with van der Waals surface area (Å²) in [6.07, 6.45) is 0.643. The van der Waals surface area contributed by atoms with Gasteiger partial charge in [-0.05, 0) is 25.3 Å². The van der Waals surface area contributed by atoms with Gasteiger partial charge in [0.15, 0.2) is 0 Å². The molecule has 2 unspecified atom stereocenters. The van der Waals surface area contributed by atoms with E-state index in [4.69, 9.17) is 5.84 Å². The maximum Gasteiger partial charge on any atom is 0.240 e. The number of nitrogens with two attached hydrogens (primary N) is 1. The summed E-state index contributed by atoms with van der Waals surface area (Å²) in [6.45, 7) is 5.63.